The first-order valence-corrected chi connectivity index (χ1v) is 7.27. The molecule has 0 nitrogen and oxygen atoms in total. The Bertz CT molecular complexity index is 473. The van der Waals surface area contributed by atoms with Gasteiger partial charge in [-0.3, -0.25) is 0 Å². The minimum atomic E-state index is 0.183. The number of rotatable bonds is 2. The average molecular weight is 248 g/mol. The summed E-state index contributed by atoms with van der Waals surface area (Å²) in [5.41, 5.74) is 3.08. The van der Waals surface area contributed by atoms with Gasteiger partial charge in [0.25, 0.3) is 0 Å². The van der Waals surface area contributed by atoms with Gasteiger partial charge < -0.3 is 0 Å². The van der Waals surface area contributed by atoms with Crippen LogP contribution in [-0.2, 0) is 5.41 Å². The maximum absolute atomic E-state index is 3.15. The number of hydrogen-bond acceptors (Lipinski definition) is 0. The van der Waals surface area contributed by atoms with Crippen molar-refractivity contribution >= 4 is 0 Å². The summed E-state index contributed by atoms with van der Waals surface area (Å²) in [6.45, 7) is 2.41. The molecule has 2 aromatic rings. The Kier molecular flexibility index (Phi) is 3.42. The first kappa shape index (κ1) is 12.5. The van der Waals surface area contributed by atoms with E-state index in [-0.39, 0.29) is 5.41 Å². The Balaban J connectivity index is 2.16. The molecule has 19 heavy (non-hydrogen) atoms. The third kappa shape index (κ3) is 2.10. The summed E-state index contributed by atoms with van der Waals surface area (Å²) in [7, 11) is 0. The van der Waals surface area contributed by atoms with Gasteiger partial charge in [-0.05, 0) is 42.0 Å². The normalized spacial score (nSPS) is 22.1. The number of benzene rings is 2. The molecule has 1 unspecified atom stereocenters. The second-order valence-corrected chi connectivity index (χ2v) is 5.70. The zero-order valence-corrected chi connectivity index (χ0v) is 11.5. The standard InChI is InChI=1S/C19H20/c1-16-10-8-9-15-19(16,17-11-4-2-5-12-17)18-13-6-3-7-14-18/h4-7,11-14,16H,8-10,15H2,1H3. The van der Waals surface area contributed by atoms with Crippen LogP contribution in [0.1, 0.15) is 43.7 Å². The second kappa shape index (κ2) is 5.21. The lowest BCUT2D eigenvalue weighted by molar-refractivity contribution is 0.244. The fourth-order valence-corrected chi connectivity index (χ4v) is 3.74. The molecule has 0 heterocycles. The summed E-state index contributed by atoms with van der Waals surface area (Å²) in [6.07, 6.45) is 5.25. The summed E-state index contributed by atoms with van der Waals surface area (Å²) in [5.74, 6) is 0.686. The molecule has 1 aliphatic rings. The smallest absolute Gasteiger partial charge is 0.0228 e. The van der Waals surface area contributed by atoms with Crippen molar-refractivity contribution in [3.8, 4) is 0 Å². The van der Waals surface area contributed by atoms with Gasteiger partial charge in [0.15, 0.2) is 0 Å². The van der Waals surface area contributed by atoms with Crippen molar-refractivity contribution in [2.45, 2.75) is 38.0 Å². The maximum Gasteiger partial charge on any atom is 0.0228 e. The van der Waals surface area contributed by atoms with Crippen LogP contribution < -0.4 is 0 Å². The van der Waals surface area contributed by atoms with Crippen molar-refractivity contribution in [1.82, 2.24) is 0 Å². The molecule has 0 spiro atoms. The van der Waals surface area contributed by atoms with Crippen LogP contribution >= 0.6 is 0 Å². The molecule has 0 N–H and O–H groups in total. The lowest BCUT2D eigenvalue weighted by Crippen LogP contribution is -2.37. The molecule has 3 rings (SSSR count). The second-order valence-electron chi connectivity index (χ2n) is 5.70. The highest BCUT2D eigenvalue weighted by atomic mass is 14.4. The highest BCUT2D eigenvalue weighted by Gasteiger charge is 2.40. The van der Waals surface area contributed by atoms with Gasteiger partial charge in [-0.1, -0.05) is 68.3 Å². The number of hydrogen-bond donors (Lipinski definition) is 0. The first-order valence-electron chi connectivity index (χ1n) is 7.27. The van der Waals surface area contributed by atoms with Gasteiger partial charge in [0.05, 0.1) is 0 Å². The predicted molar refractivity (Wildman–Crippen MR) is 79.0 cm³/mol. The van der Waals surface area contributed by atoms with Crippen molar-refractivity contribution < 1.29 is 0 Å². The van der Waals surface area contributed by atoms with Crippen molar-refractivity contribution in [2.75, 3.05) is 0 Å². The fraction of sp³-hybridized carbons (Fsp3) is 0.368. The Morgan fingerprint density at radius 1 is 0.895 bits per heavy atom. The highest BCUT2D eigenvalue weighted by Crippen LogP contribution is 2.48. The van der Waals surface area contributed by atoms with Gasteiger partial charge in [-0.2, -0.15) is 0 Å². The van der Waals surface area contributed by atoms with E-state index in [9.17, 15) is 0 Å². The van der Waals surface area contributed by atoms with E-state index in [1.807, 2.05) is 24.3 Å². The zero-order chi connectivity index (χ0) is 13.1. The van der Waals surface area contributed by atoms with E-state index >= 15 is 0 Å². The minimum absolute atomic E-state index is 0.183. The SMILES string of the molecule is CC1CCCCC1(c1cc[c]cc1)c1cc[c]cc1. The largest absolute Gasteiger partial charge is 0.0613 e. The summed E-state index contributed by atoms with van der Waals surface area (Å²) >= 11 is 0. The molecular weight excluding hydrogens is 228 g/mol. The Morgan fingerprint density at radius 3 is 1.89 bits per heavy atom. The van der Waals surface area contributed by atoms with Gasteiger partial charge >= 0.3 is 0 Å². The van der Waals surface area contributed by atoms with Gasteiger partial charge in [0.2, 0.25) is 0 Å². The first-order chi connectivity index (χ1) is 9.34. The van der Waals surface area contributed by atoms with Crippen molar-refractivity contribution in [2.24, 2.45) is 5.92 Å². The van der Waals surface area contributed by atoms with Gasteiger partial charge in [0, 0.05) is 5.41 Å². The van der Waals surface area contributed by atoms with Crippen LogP contribution in [-0.4, -0.2) is 0 Å². The van der Waals surface area contributed by atoms with E-state index in [0.29, 0.717) is 5.92 Å². The molecule has 0 saturated heterocycles. The molecule has 1 fully saturated rings. The Hall–Kier alpha value is -1.56. The van der Waals surface area contributed by atoms with Crippen LogP contribution in [0, 0.1) is 18.1 Å². The van der Waals surface area contributed by atoms with Crippen LogP contribution in [0.15, 0.2) is 48.5 Å². The fourth-order valence-electron chi connectivity index (χ4n) is 3.74. The molecule has 0 amide bonds. The maximum atomic E-state index is 3.15. The van der Waals surface area contributed by atoms with Crippen LogP contribution in [0.4, 0.5) is 0 Å². The molecule has 1 aliphatic carbocycles. The molecule has 2 aromatic carbocycles. The van der Waals surface area contributed by atoms with E-state index in [2.05, 4.69) is 43.3 Å². The topological polar surface area (TPSA) is 0 Å². The van der Waals surface area contributed by atoms with Gasteiger partial charge in [0.1, 0.15) is 0 Å². The average Bonchev–Trinajstić information content (AvgIpc) is 2.50. The van der Waals surface area contributed by atoms with E-state index < -0.39 is 0 Å². The Labute approximate surface area is 116 Å². The van der Waals surface area contributed by atoms with E-state index in [4.69, 9.17) is 0 Å². The van der Waals surface area contributed by atoms with E-state index in [1.54, 1.807) is 0 Å². The highest BCUT2D eigenvalue weighted by molar-refractivity contribution is 5.40. The van der Waals surface area contributed by atoms with Crippen molar-refractivity contribution in [3.63, 3.8) is 0 Å². The molecular formula is C19H20. The summed E-state index contributed by atoms with van der Waals surface area (Å²) < 4.78 is 0. The summed E-state index contributed by atoms with van der Waals surface area (Å²) in [4.78, 5) is 0. The van der Waals surface area contributed by atoms with Crippen LogP contribution in [0.25, 0.3) is 0 Å². The third-order valence-corrected chi connectivity index (χ3v) is 4.77. The van der Waals surface area contributed by atoms with Crippen molar-refractivity contribution in [1.29, 1.82) is 0 Å². The summed E-state index contributed by atoms with van der Waals surface area (Å²) in [5, 5.41) is 0. The van der Waals surface area contributed by atoms with Crippen LogP contribution in [0.2, 0.25) is 0 Å². The van der Waals surface area contributed by atoms with Gasteiger partial charge in [-0.15, -0.1) is 0 Å². The van der Waals surface area contributed by atoms with Crippen LogP contribution in [0.5, 0.6) is 0 Å². The molecule has 0 aliphatic heterocycles. The third-order valence-electron chi connectivity index (χ3n) is 4.77. The van der Waals surface area contributed by atoms with Crippen molar-refractivity contribution in [3.05, 3.63) is 71.8 Å². The predicted octanol–water partition coefficient (Wildman–Crippen LogP) is 4.78. The quantitative estimate of drug-likeness (QED) is 0.717. The minimum Gasteiger partial charge on any atom is -0.0613 e. The molecule has 2 radical (unpaired) electrons. The monoisotopic (exact) mass is 248 g/mol. The molecule has 0 heteroatoms. The van der Waals surface area contributed by atoms with Crippen LogP contribution in [0.3, 0.4) is 0 Å². The van der Waals surface area contributed by atoms with E-state index in [0.717, 1.165) is 0 Å². The molecule has 0 aromatic heterocycles. The zero-order valence-electron chi connectivity index (χ0n) is 11.5. The molecule has 96 valence electrons. The van der Waals surface area contributed by atoms with Gasteiger partial charge in [-0.25, -0.2) is 0 Å². The lowest BCUT2D eigenvalue weighted by atomic mass is 9.60. The summed E-state index contributed by atoms with van der Waals surface area (Å²) in [6, 6.07) is 23.5. The Morgan fingerprint density at radius 2 is 1.42 bits per heavy atom. The molecule has 1 atom stereocenters. The van der Waals surface area contributed by atoms with E-state index in [1.165, 1.54) is 36.8 Å². The molecule has 0 bridgehead atoms. The lowest BCUT2D eigenvalue weighted by Gasteiger charge is -2.44. The molecule has 1 saturated carbocycles.